The van der Waals surface area contributed by atoms with Crippen molar-refractivity contribution in [1.82, 2.24) is 4.90 Å². The van der Waals surface area contributed by atoms with E-state index in [1.807, 2.05) is 38.1 Å². The number of hydrogen-bond acceptors (Lipinski definition) is 2. The summed E-state index contributed by atoms with van der Waals surface area (Å²) in [5.41, 5.74) is 4.29. The van der Waals surface area contributed by atoms with Gasteiger partial charge >= 0.3 is 0 Å². The SMILES string of the molecule is CCCN(CC(=O)Nc1ccccc1C)C(=O)CCCc1ccc(C)cc1. The van der Waals surface area contributed by atoms with Gasteiger partial charge in [0.15, 0.2) is 0 Å². The Morgan fingerprint density at radius 1 is 1.00 bits per heavy atom. The predicted octanol–water partition coefficient (Wildman–Crippen LogP) is 4.50. The molecule has 2 rings (SSSR count). The fourth-order valence-electron chi connectivity index (χ4n) is 2.99. The quantitative estimate of drug-likeness (QED) is 0.710. The molecule has 4 nitrogen and oxygen atoms in total. The number of para-hydroxylation sites is 1. The van der Waals surface area contributed by atoms with Gasteiger partial charge in [-0.3, -0.25) is 9.59 Å². The Morgan fingerprint density at radius 2 is 1.70 bits per heavy atom. The number of anilines is 1. The van der Waals surface area contributed by atoms with Gasteiger partial charge in [-0.1, -0.05) is 55.0 Å². The zero-order chi connectivity index (χ0) is 19.6. The molecule has 0 aliphatic heterocycles. The van der Waals surface area contributed by atoms with Crippen molar-refractivity contribution in [1.29, 1.82) is 0 Å². The van der Waals surface area contributed by atoms with E-state index in [4.69, 9.17) is 0 Å². The second kappa shape index (κ2) is 10.5. The molecule has 0 atom stereocenters. The first-order chi connectivity index (χ1) is 13.0. The molecule has 0 aliphatic rings. The van der Waals surface area contributed by atoms with Crippen LogP contribution >= 0.6 is 0 Å². The Balaban J connectivity index is 1.85. The van der Waals surface area contributed by atoms with E-state index in [0.29, 0.717) is 13.0 Å². The zero-order valence-electron chi connectivity index (χ0n) is 16.6. The van der Waals surface area contributed by atoms with Gasteiger partial charge in [-0.25, -0.2) is 0 Å². The Morgan fingerprint density at radius 3 is 2.37 bits per heavy atom. The lowest BCUT2D eigenvalue weighted by atomic mass is 10.1. The molecule has 1 N–H and O–H groups in total. The van der Waals surface area contributed by atoms with Crippen LogP contribution in [0.5, 0.6) is 0 Å². The number of nitrogens with one attached hydrogen (secondary N) is 1. The van der Waals surface area contributed by atoms with Gasteiger partial charge in [-0.15, -0.1) is 0 Å². The fourth-order valence-corrected chi connectivity index (χ4v) is 2.99. The summed E-state index contributed by atoms with van der Waals surface area (Å²) in [6.45, 7) is 6.75. The summed E-state index contributed by atoms with van der Waals surface area (Å²) >= 11 is 0. The molecular weight excluding hydrogens is 336 g/mol. The Bertz CT molecular complexity index is 753. The molecule has 2 aromatic rings. The number of benzene rings is 2. The molecule has 0 radical (unpaired) electrons. The van der Waals surface area contributed by atoms with Gasteiger partial charge in [0, 0.05) is 18.7 Å². The second-order valence-corrected chi connectivity index (χ2v) is 7.02. The largest absolute Gasteiger partial charge is 0.333 e. The summed E-state index contributed by atoms with van der Waals surface area (Å²) in [6.07, 6.45) is 2.97. The molecule has 0 saturated carbocycles. The lowest BCUT2D eigenvalue weighted by Crippen LogP contribution is -2.38. The minimum absolute atomic E-state index is 0.0453. The van der Waals surface area contributed by atoms with Gasteiger partial charge in [0.25, 0.3) is 0 Å². The average Bonchev–Trinajstić information content (AvgIpc) is 2.65. The molecule has 2 amide bonds. The first kappa shape index (κ1) is 20.7. The third-order valence-corrected chi connectivity index (χ3v) is 4.58. The first-order valence-corrected chi connectivity index (χ1v) is 9.68. The van der Waals surface area contributed by atoms with Gasteiger partial charge in [0.05, 0.1) is 6.54 Å². The first-order valence-electron chi connectivity index (χ1n) is 9.68. The summed E-state index contributed by atoms with van der Waals surface area (Å²) in [6, 6.07) is 16.1. The molecule has 0 saturated heterocycles. The van der Waals surface area contributed by atoms with Crippen molar-refractivity contribution < 1.29 is 9.59 Å². The molecule has 0 aliphatic carbocycles. The number of carbonyl (C=O) groups is 2. The van der Waals surface area contributed by atoms with Crippen LogP contribution in [0.25, 0.3) is 0 Å². The van der Waals surface area contributed by atoms with E-state index < -0.39 is 0 Å². The Kier molecular flexibility index (Phi) is 8.05. The van der Waals surface area contributed by atoms with Crippen LogP contribution in [0.1, 0.15) is 42.9 Å². The molecule has 27 heavy (non-hydrogen) atoms. The predicted molar refractivity (Wildman–Crippen MR) is 111 cm³/mol. The summed E-state index contributed by atoms with van der Waals surface area (Å²) in [5, 5.41) is 2.91. The highest BCUT2D eigenvalue weighted by atomic mass is 16.2. The van der Waals surface area contributed by atoms with Crippen molar-refractivity contribution in [3.63, 3.8) is 0 Å². The summed E-state index contributed by atoms with van der Waals surface area (Å²) in [7, 11) is 0. The van der Waals surface area contributed by atoms with Crippen LogP contribution in [0.15, 0.2) is 48.5 Å². The van der Waals surface area contributed by atoms with Crippen molar-refractivity contribution in [3.05, 3.63) is 65.2 Å². The van der Waals surface area contributed by atoms with Crippen molar-refractivity contribution in [2.75, 3.05) is 18.4 Å². The topological polar surface area (TPSA) is 49.4 Å². The standard InChI is InChI=1S/C23H30N2O2/c1-4-16-25(17-22(26)24-21-10-6-5-8-19(21)3)23(27)11-7-9-20-14-12-18(2)13-15-20/h5-6,8,10,12-15H,4,7,9,11,16-17H2,1-3H3,(H,24,26). The molecule has 0 aromatic heterocycles. The third kappa shape index (κ3) is 6.89. The van der Waals surface area contributed by atoms with E-state index in [0.717, 1.165) is 30.5 Å². The monoisotopic (exact) mass is 366 g/mol. The Labute approximate surface area is 162 Å². The Hall–Kier alpha value is -2.62. The molecule has 144 valence electrons. The molecule has 0 bridgehead atoms. The summed E-state index contributed by atoms with van der Waals surface area (Å²) in [4.78, 5) is 26.6. The van der Waals surface area contributed by atoms with Gasteiger partial charge in [0.2, 0.25) is 11.8 Å². The smallest absolute Gasteiger partial charge is 0.244 e. The third-order valence-electron chi connectivity index (χ3n) is 4.58. The van der Waals surface area contributed by atoms with E-state index >= 15 is 0 Å². The van der Waals surface area contributed by atoms with Crippen LogP contribution in [0.3, 0.4) is 0 Å². The van der Waals surface area contributed by atoms with Gasteiger partial charge in [-0.05, 0) is 50.3 Å². The molecule has 0 spiro atoms. The summed E-state index contributed by atoms with van der Waals surface area (Å²) in [5.74, 6) is -0.103. The lowest BCUT2D eigenvalue weighted by molar-refractivity contribution is -0.134. The maximum Gasteiger partial charge on any atom is 0.244 e. The van der Waals surface area contributed by atoms with Crippen LogP contribution in [0, 0.1) is 13.8 Å². The highest BCUT2D eigenvalue weighted by Gasteiger charge is 2.16. The molecule has 4 heteroatoms. The van der Waals surface area contributed by atoms with Gasteiger partial charge in [0.1, 0.15) is 0 Å². The normalized spacial score (nSPS) is 10.5. The van der Waals surface area contributed by atoms with Crippen molar-refractivity contribution in [3.8, 4) is 0 Å². The number of amides is 2. The average molecular weight is 367 g/mol. The molecule has 0 heterocycles. The minimum atomic E-state index is -0.148. The van der Waals surface area contributed by atoms with E-state index in [9.17, 15) is 9.59 Å². The van der Waals surface area contributed by atoms with Crippen LogP contribution in [0.4, 0.5) is 5.69 Å². The number of aryl methyl sites for hydroxylation is 3. The van der Waals surface area contributed by atoms with E-state index in [1.54, 1.807) is 4.90 Å². The van der Waals surface area contributed by atoms with Crippen LogP contribution in [-0.2, 0) is 16.0 Å². The van der Waals surface area contributed by atoms with Crippen molar-refractivity contribution >= 4 is 17.5 Å². The van der Waals surface area contributed by atoms with Gasteiger partial charge < -0.3 is 10.2 Å². The second-order valence-electron chi connectivity index (χ2n) is 7.02. The van der Waals surface area contributed by atoms with Crippen LogP contribution < -0.4 is 5.32 Å². The van der Waals surface area contributed by atoms with E-state index in [-0.39, 0.29) is 18.4 Å². The number of rotatable bonds is 9. The molecule has 0 fully saturated rings. The maximum atomic E-state index is 12.6. The minimum Gasteiger partial charge on any atom is -0.333 e. The molecule has 2 aromatic carbocycles. The maximum absolute atomic E-state index is 12.6. The fraction of sp³-hybridized carbons (Fsp3) is 0.391. The summed E-state index contributed by atoms with van der Waals surface area (Å²) < 4.78 is 0. The number of carbonyl (C=O) groups excluding carboxylic acids is 2. The highest BCUT2D eigenvalue weighted by Crippen LogP contribution is 2.13. The lowest BCUT2D eigenvalue weighted by Gasteiger charge is -2.22. The van der Waals surface area contributed by atoms with E-state index in [2.05, 4.69) is 36.5 Å². The van der Waals surface area contributed by atoms with Gasteiger partial charge in [-0.2, -0.15) is 0 Å². The molecular formula is C23H30N2O2. The molecule has 0 unspecified atom stereocenters. The van der Waals surface area contributed by atoms with Crippen LogP contribution in [-0.4, -0.2) is 29.8 Å². The van der Waals surface area contributed by atoms with E-state index in [1.165, 1.54) is 11.1 Å². The number of nitrogens with zero attached hydrogens (tertiary/aromatic N) is 1. The van der Waals surface area contributed by atoms with Crippen molar-refractivity contribution in [2.24, 2.45) is 0 Å². The number of hydrogen-bond donors (Lipinski definition) is 1. The highest BCUT2D eigenvalue weighted by molar-refractivity contribution is 5.95. The van der Waals surface area contributed by atoms with Crippen molar-refractivity contribution in [2.45, 2.75) is 46.5 Å². The zero-order valence-corrected chi connectivity index (χ0v) is 16.6. The van der Waals surface area contributed by atoms with Crippen LogP contribution in [0.2, 0.25) is 0 Å².